The molecule has 0 aromatic carbocycles. The lowest BCUT2D eigenvalue weighted by Gasteiger charge is -2.09. The zero-order valence-corrected chi connectivity index (χ0v) is 5.83. The van der Waals surface area contributed by atoms with Gasteiger partial charge in [-0.25, -0.2) is 0 Å². The number of hydrogen-bond acceptors (Lipinski definition) is 3. The van der Waals surface area contributed by atoms with Gasteiger partial charge in [0.15, 0.2) is 5.60 Å². The van der Waals surface area contributed by atoms with Gasteiger partial charge < -0.3 is 5.11 Å². The van der Waals surface area contributed by atoms with E-state index in [0.717, 1.165) is 0 Å². The van der Waals surface area contributed by atoms with Gasteiger partial charge in [-0.2, -0.15) is 17.0 Å². The number of hydrogen-bond donors (Lipinski definition) is 1. The van der Waals surface area contributed by atoms with Crippen molar-refractivity contribution in [3.05, 3.63) is 0 Å². The Morgan fingerprint density at radius 1 is 1.88 bits per heavy atom. The average molecular weight is 131 g/mol. The summed E-state index contributed by atoms with van der Waals surface area (Å²) in [6.07, 6.45) is 1.85. The van der Waals surface area contributed by atoms with Gasteiger partial charge in [0.25, 0.3) is 0 Å². The van der Waals surface area contributed by atoms with E-state index in [0.29, 0.717) is 5.75 Å². The van der Waals surface area contributed by atoms with Crippen molar-refractivity contribution in [1.29, 1.82) is 5.26 Å². The Hall–Kier alpha value is -0.200. The second-order valence-corrected chi connectivity index (χ2v) is 2.68. The normalized spacial score (nSPS) is 16.8. The smallest absolute Gasteiger partial charge is 0.157 e. The summed E-state index contributed by atoms with van der Waals surface area (Å²) < 4.78 is 0. The van der Waals surface area contributed by atoms with Gasteiger partial charge in [-0.3, -0.25) is 0 Å². The molecule has 1 N–H and O–H groups in total. The molecule has 0 saturated carbocycles. The molecular formula is C5H9NOS. The first-order valence-corrected chi connectivity index (χ1v) is 3.64. The molecule has 0 aliphatic carbocycles. The van der Waals surface area contributed by atoms with Crippen molar-refractivity contribution < 1.29 is 5.11 Å². The van der Waals surface area contributed by atoms with Crippen LogP contribution in [0.15, 0.2) is 0 Å². The molecule has 1 unspecified atom stereocenters. The van der Waals surface area contributed by atoms with E-state index in [9.17, 15) is 0 Å². The molecule has 2 nitrogen and oxygen atoms in total. The highest BCUT2D eigenvalue weighted by Gasteiger charge is 2.16. The predicted octanol–water partition coefficient (Wildman–Crippen LogP) is 0.624. The molecule has 3 heteroatoms. The molecule has 0 aliphatic heterocycles. The lowest BCUT2D eigenvalue weighted by Crippen LogP contribution is -2.24. The Morgan fingerprint density at radius 2 is 2.38 bits per heavy atom. The van der Waals surface area contributed by atoms with Gasteiger partial charge in [-0.05, 0) is 13.2 Å². The van der Waals surface area contributed by atoms with Gasteiger partial charge in [0.05, 0.1) is 6.07 Å². The molecule has 1 atom stereocenters. The second-order valence-electron chi connectivity index (χ2n) is 1.82. The van der Waals surface area contributed by atoms with E-state index in [4.69, 9.17) is 10.4 Å². The molecule has 0 bridgehead atoms. The molecule has 0 spiro atoms. The van der Waals surface area contributed by atoms with Crippen LogP contribution in [0.4, 0.5) is 0 Å². The predicted molar refractivity (Wildman–Crippen MR) is 34.6 cm³/mol. The quantitative estimate of drug-likeness (QED) is 0.559. The highest BCUT2D eigenvalue weighted by atomic mass is 32.2. The number of nitrogens with zero attached hydrogens (tertiary/aromatic N) is 1. The molecule has 0 heterocycles. The Kier molecular flexibility index (Phi) is 2.88. The molecular weight excluding hydrogens is 122 g/mol. The van der Waals surface area contributed by atoms with E-state index in [2.05, 4.69) is 0 Å². The minimum Gasteiger partial charge on any atom is -0.375 e. The summed E-state index contributed by atoms with van der Waals surface area (Å²) in [5, 5.41) is 17.2. The molecule has 8 heavy (non-hydrogen) atoms. The number of rotatable bonds is 2. The van der Waals surface area contributed by atoms with Gasteiger partial charge in [0.2, 0.25) is 0 Å². The van der Waals surface area contributed by atoms with E-state index in [1.807, 2.05) is 6.26 Å². The highest BCUT2D eigenvalue weighted by Crippen LogP contribution is 2.07. The van der Waals surface area contributed by atoms with Crippen molar-refractivity contribution in [2.24, 2.45) is 0 Å². The molecule has 0 aromatic rings. The first-order chi connectivity index (χ1) is 3.62. The lowest BCUT2D eigenvalue weighted by atomic mass is 10.2. The first kappa shape index (κ1) is 7.80. The van der Waals surface area contributed by atoms with Crippen molar-refractivity contribution in [3.8, 4) is 6.07 Å². The number of aliphatic hydroxyl groups is 1. The molecule has 46 valence electrons. The third kappa shape index (κ3) is 2.89. The topological polar surface area (TPSA) is 44.0 Å². The SMILES string of the molecule is CSCC(C)(O)C#N. The third-order valence-corrected chi connectivity index (χ3v) is 1.52. The molecule has 0 fully saturated rings. The van der Waals surface area contributed by atoms with Gasteiger partial charge in [0, 0.05) is 5.75 Å². The fourth-order valence-corrected chi connectivity index (χ4v) is 0.940. The van der Waals surface area contributed by atoms with E-state index in [1.165, 1.54) is 18.7 Å². The van der Waals surface area contributed by atoms with E-state index >= 15 is 0 Å². The Morgan fingerprint density at radius 3 is 2.50 bits per heavy atom. The summed E-state index contributed by atoms with van der Waals surface area (Å²) in [5.41, 5.74) is -1.14. The molecule has 0 aliphatic rings. The third-order valence-electron chi connectivity index (χ3n) is 0.666. The van der Waals surface area contributed by atoms with E-state index in [1.54, 1.807) is 6.07 Å². The van der Waals surface area contributed by atoms with Gasteiger partial charge in [-0.15, -0.1) is 0 Å². The van der Waals surface area contributed by atoms with E-state index < -0.39 is 5.60 Å². The Bertz CT molecular complexity index is 105. The zero-order valence-electron chi connectivity index (χ0n) is 5.01. The van der Waals surface area contributed by atoms with Crippen LogP contribution in [-0.2, 0) is 0 Å². The summed E-state index contributed by atoms with van der Waals surface area (Å²) in [5.74, 6) is 0.476. The van der Waals surface area contributed by atoms with Crippen LogP contribution >= 0.6 is 11.8 Å². The van der Waals surface area contributed by atoms with Crippen LogP contribution < -0.4 is 0 Å². The summed E-state index contributed by atoms with van der Waals surface area (Å²) in [6, 6.07) is 1.78. The molecule has 0 saturated heterocycles. The summed E-state index contributed by atoms with van der Waals surface area (Å²) >= 11 is 1.46. The molecule has 0 rings (SSSR count). The molecule has 0 radical (unpaired) electrons. The number of nitriles is 1. The van der Waals surface area contributed by atoms with Gasteiger partial charge >= 0.3 is 0 Å². The van der Waals surface area contributed by atoms with Crippen molar-refractivity contribution in [2.75, 3.05) is 12.0 Å². The highest BCUT2D eigenvalue weighted by molar-refractivity contribution is 7.98. The van der Waals surface area contributed by atoms with Crippen molar-refractivity contribution in [2.45, 2.75) is 12.5 Å². The van der Waals surface area contributed by atoms with E-state index in [-0.39, 0.29) is 0 Å². The minimum absolute atomic E-state index is 0.476. The van der Waals surface area contributed by atoms with Crippen LogP contribution in [0.25, 0.3) is 0 Å². The van der Waals surface area contributed by atoms with Crippen LogP contribution in [0.5, 0.6) is 0 Å². The van der Waals surface area contributed by atoms with Crippen LogP contribution in [0.3, 0.4) is 0 Å². The molecule has 0 aromatic heterocycles. The van der Waals surface area contributed by atoms with Crippen LogP contribution in [0.1, 0.15) is 6.92 Å². The summed E-state index contributed by atoms with van der Waals surface area (Å²) in [7, 11) is 0. The summed E-state index contributed by atoms with van der Waals surface area (Å²) in [6.45, 7) is 1.50. The van der Waals surface area contributed by atoms with Crippen LogP contribution in [0, 0.1) is 11.3 Å². The first-order valence-electron chi connectivity index (χ1n) is 2.25. The van der Waals surface area contributed by atoms with Crippen molar-refractivity contribution in [1.82, 2.24) is 0 Å². The Balaban J connectivity index is 3.59. The largest absolute Gasteiger partial charge is 0.375 e. The van der Waals surface area contributed by atoms with Crippen LogP contribution in [0.2, 0.25) is 0 Å². The fraction of sp³-hybridized carbons (Fsp3) is 0.800. The van der Waals surface area contributed by atoms with Crippen molar-refractivity contribution >= 4 is 11.8 Å². The lowest BCUT2D eigenvalue weighted by molar-refractivity contribution is 0.146. The van der Waals surface area contributed by atoms with Crippen LogP contribution in [-0.4, -0.2) is 22.7 Å². The van der Waals surface area contributed by atoms with Gasteiger partial charge in [-0.1, -0.05) is 0 Å². The maximum atomic E-state index is 8.94. The number of thioether (sulfide) groups is 1. The summed E-state index contributed by atoms with van der Waals surface area (Å²) in [4.78, 5) is 0. The monoisotopic (exact) mass is 131 g/mol. The maximum Gasteiger partial charge on any atom is 0.157 e. The van der Waals surface area contributed by atoms with Gasteiger partial charge in [0.1, 0.15) is 0 Å². The zero-order chi connectivity index (χ0) is 6.62. The standard InChI is InChI=1S/C5H9NOS/c1-5(7,3-6)4-8-2/h7H,4H2,1-2H3. The second kappa shape index (κ2) is 2.95. The Labute approximate surface area is 53.5 Å². The average Bonchev–Trinajstić information content (AvgIpc) is 1.67. The minimum atomic E-state index is -1.14. The maximum absolute atomic E-state index is 8.94. The van der Waals surface area contributed by atoms with Crippen molar-refractivity contribution in [3.63, 3.8) is 0 Å². The molecule has 0 amide bonds. The fourth-order valence-electron chi connectivity index (χ4n) is 0.313.